The lowest BCUT2D eigenvalue weighted by molar-refractivity contribution is 0.604. The molecule has 1 unspecified atom stereocenters. The summed E-state index contributed by atoms with van der Waals surface area (Å²) in [5, 5.41) is 3.13. The van der Waals surface area contributed by atoms with Crippen LogP contribution in [-0.2, 0) is 6.42 Å². The van der Waals surface area contributed by atoms with Crippen LogP contribution in [0.3, 0.4) is 0 Å². The zero-order valence-corrected chi connectivity index (χ0v) is 8.39. The lowest BCUT2D eigenvalue weighted by Gasteiger charge is -2.11. The number of hydrogen-bond donors (Lipinski definition) is 1. The van der Waals surface area contributed by atoms with Gasteiger partial charge in [0.2, 0.25) is 0 Å². The summed E-state index contributed by atoms with van der Waals surface area (Å²) < 4.78 is 13.1. The lowest BCUT2D eigenvalue weighted by Crippen LogP contribution is -2.12. The van der Waals surface area contributed by atoms with Gasteiger partial charge in [-0.2, -0.15) is 0 Å². The third-order valence-corrected chi connectivity index (χ3v) is 2.38. The first kappa shape index (κ1) is 10.2. The fourth-order valence-electron chi connectivity index (χ4n) is 1.30. The Morgan fingerprint density at radius 3 is 2.69 bits per heavy atom. The third-order valence-electron chi connectivity index (χ3n) is 2.38. The zero-order chi connectivity index (χ0) is 9.84. The van der Waals surface area contributed by atoms with Gasteiger partial charge in [0.05, 0.1) is 0 Å². The summed E-state index contributed by atoms with van der Waals surface area (Å²) >= 11 is 0. The summed E-state index contributed by atoms with van der Waals surface area (Å²) in [6, 6.07) is 5.58. The van der Waals surface area contributed by atoms with Crippen LogP contribution in [0.15, 0.2) is 18.2 Å². The van der Waals surface area contributed by atoms with E-state index in [9.17, 15) is 4.39 Å². The van der Waals surface area contributed by atoms with Crippen LogP contribution in [0.1, 0.15) is 31.0 Å². The maximum absolute atomic E-state index is 13.1. The van der Waals surface area contributed by atoms with Gasteiger partial charge in [-0.3, -0.25) is 0 Å². The Morgan fingerprint density at radius 2 is 2.15 bits per heavy atom. The van der Waals surface area contributed by atoms with Gasteiger partial charge in [0.25, 0.3) is 0 Å². The summed E-state index contributed by atoms with van der Waals surface area (Å²) in [7, 11) is 1.90. The summed E-state index contributed by atoms with van der Waals surface area (Å²) in [5.74, 6) is -0.102. The molecule has 0 aliphatic rings. The van der Waals surface area contributed by atoms with Crippen molar-refractivity contribution in [2.75, 3.05) is 7.05 Å². The first-order valence-corrected chi connectivity index (χ1v) is 4.64. The minimum absolute atomic E-state index is 0.102. The molecule has 1 rings (SSSR count). The van der Waals surface area contributed by atoms with Gasteiger partial charge in [-0.1, -0.05) is 19.1 Å². The second-order valence-electron chi connectivity index (χ2n) is 3.21. The molecule has 0 radical (unpaired) electrons. The van der Waals surface area contributed by atoms with Crippen LogP contribution in [0.2, 0.25) is 0 Å². The molecule has 1 N–H and O–H groups in total. The van der Waals surface area contributed by atoms with E-state index in [1.54, 1.807) is 6.07 Å². The molecule has 0 aromatic heterocycles. The molecule has 1 aromatic rings. The van der Waals surface area contributed by atoms with Crippen molar-refractivity contribution in [1.82, 2.24) is 5.32 Å². The molecule has 0 amide bonds. The standard InChI is InChI=1S/C11H16FN/c1-4-9-7-10(8(2)13-3)5-6-11(9)12/h5-8,13H,4H2,1-3H3. The van der Waals surface area contributed by atoms with E-state index in [4.69, 9.17) is 0 Å². The largest absolute Gasteiger partial charge is 0.313 e. The number of aryl methyl sites for hydroxylation is 1. The van der Waals surface area contributed by atoms with E-state index < -0.39 is 0 Å². The predicted octanol–water partition coefficient (Wildman–Crippen LogP) is 2.67. The number of halogens is 1. The molecule has 2 heteroatoms. The Labute approximate surface area is 79.0 Å². The third kappa shape index (κ3) is 2.28. The Balaban J connectivity index is 2.99. The first-order chi connectivity index (χ1) is 6.19. The van der Waals surface area contributed by atoms with Crippen molar-refractivity contribution in [1.29, 1.82) is 0 Å². The highest BCUT2D eigenvalue weighted by atomic mass is 19.1. The van der Waals surface area contributed by atoms with Gasteiger partial charge in [-0.25, -0.2) is 4.39 Å². The second-order valence-corrected chi connectivity index (χ2v) is 3.21. The first-order valence-electron chi connectivity index (χ1n) is 4.64. The number of rotatable bonds is 3. The normalized spacial score (nSPS) is 12.9. The van der Waals surface area contributed by atoms with Crippen LogP contribution in [0.5, 0.6) is 0 Å². The van der Waals surface area contributed by atoms with Crippen molar-refractivity contribution >= 4 is 0 Å². The molecule has 1 atom stereocenters. The van der Waals surface area contributed by atoms with Gasteiger partial charge in [-0.05, 0) is 37.6 Å². The Hall–Kier alpha value is -0.890. The molecular formula is C11H16FN. The molecule has 0 fully saturated rings. The van der Waals surface area contributed by atoms with Gasteiger partial charge < -0.3 is 5.32 Å². The van der Waals surface area contributed by atoms with Crippen LogP contribution in [0, 0.1) is 5.82 Å². The minimum atomic E-state index is -0.102. The monoisotopic (exact) mass is 181 g/mol. The van der Waals surface area contributed by atoms with E-state index in [1.807, 2.05) is 26.1 Å². The maximum atomic E-state index is 13.1. The SMILES string of the molecule is CCc1cc(C(C)NC)ccc1F. The molecular weight excluding hydrogens is 165 g/mol. The molecule has 0 saturated carbocycles. The van der Waals surface area contributed by atoms with Crippen LogP contribution < -0.4 is 5.32 Å². The van der Waals surface area contributed by atoms with E-state index >= 15 is 0 Å². The van der Waals surface area contributed by atoms with Crippen LogP contribution in [0.25, 0.3) is 0 Å². The highest BCUT2D eigenvalue weighted by Gasteiger charge is 2.05. The average Bonchev–Trinajstić information content (AvgIpc) is 2.17. The van der Waals surface area contributed by atoms with E-state index in [2.05, 4.69) is 12.2 Å². The fraction of sp³-hybridized carbons (Fsp3) is 0.455. The quantitative estimate of drug-likeness (QED) is 0.756. The van der Waals surface area contributed by atoms with Gasteiger partial charge >= 0.3 is 0 Å². The maximum Gasteiger partial charge on any atom is 0.126 e. The molecule has 1 nitrogen and oxygen atoms in total. The highest BCUT2D eigenvalue weighted by molar-refractivity contribution is 5.27. The Kier molecular flexibility index (Phi) is 3.43. The fourth-order valence-corrected chi connectivity index (χ4v) is 1.30. The molecule has 13 heavy (non-hydrogen) atoms. The minimum Gasteiger partial charge on any atom is -0.313 e. The molecule has 0 spiro atoms. The highest BCUT2D eigenvalue weighted by Crippen LogP contribution is 2.16. The summed E-state index contributed by atoms with van der Waals surface area (Å²) in [6.07, 6.45) is 0.746. The van der Waals surface area contributed by atoms with E-state index in [-0.39, 0.29) is 11.9 Å². The number of nitrogens with one attached hydrogen (secondary N) is 1. The summed E-state index contributed by atoms with van der Waals surface area (Å²) in [6.45, 7) is 4.03. The average molecular weight is 181 g/mol. The molecule has 1 aromatic carbocycles. The van der Waals surface area contributed by atoms with Gasteiger partial charge in [-0.15, -0.1) is 0 Å². The van der Waals surface area contributed by atoms with Crippen LogP contribution in [-0.4, -0.2) is 7.05 Å². The van der Waals surface area contributed by atoms with Crippen molar-refractivity contribution in [2.24, 2.45) is 0 Å². The summed E-state index contributed by atoms with van der Waals surface area (Å²) in [5.41, 5.74) is 1.93. The number of hydrogen-bond acceptors (Lipinski definition) is 1. The van der Waals surface area contributed by atoms with Crippen LogP contribution >= 0.6 is 0 Å². The Morgan fingerprint density at radius 1 is 1.46 bits per heavy atom. The van der Waals surface area contributed by atoms with Crippen molar-refractivity contribution in [3.8, 4) is 0 Å². The van der Waals surface area contributed by atoms with Crippen molar-refractivity contribution in [2.45, 2.75) is 26.3 Å². The molecule has 0 bridgehead atoms. The van der Waals surface area contributed by atoms with E-state index in [0.29, 0.717) is 0 Å². The topological polar surface area (TPSA) is 12.0 Å². The van der Waals surface area contributed by atoms with Gasteiger partial charge in [0.1, 0.15) is 5.82 Å². The second kappa shape index (κ2) is 4.38. The summed E-state index contributed by atoms with van der Waals surface area (Å²) in [4.78, 5) is 0. The molecule has 0 aliphatic carbocycles. The van der Waals surface area contributed by atoms with Crippen molar-refractivity contribution < 1.29 is 4.39 Å². The van der Waals surface area contributed by atoms with Crippen molar-refractivity contribution in [3.63, 3.8) is 0 Å². The number of benzene rings is 1. The van der Waals surface area contributed by atoms with Crippen molar-refractivity contribution in [3.05, 3.63) is 35.1 Å². The van der Waals surface area contributed by atoms with E-state index in [0.717, 1.165) is 17.5 Å². The zero-order valence-electron chi connectivity index (χ0n) is 8.39. The molecule has 0 heterocycles. The molecule has 0 saturated heterocycles. The lowest BCUT2D eigenvalue weighted by atomic mass is 10.0. The van der Waals surface area contributed by atoms with Crippen LogP contribution in [0.4, 0.5) is 4.39 Å². The Bertz CT molecular complexity index is 283. The van der Waals surface area contributed by atoms with Gasteiger partial charge in [0.15, 0.2) is 0 Å². The smallest absolute Gasteiger partial charge is 0.126 e. The predicted molar refractivity (Wildman–Crippen MR) is 53.3 cm³/mol. The van der Waals surface area contributed by atoms with E-state index in [1.165, 1.54) is 0 Å². The van der Waals surface area contributed by atoms with Gasteiger partial charge in [0, 0.05) is 6.04 Å². The molecule has 72 valence electrons. The molecule has 0 aliphatic heterocycles.